The van der Waals surface area contributed by atoms with Crippen LogP contribution >= 0.6 is 0 Å². The summed E-state index contributed by atoms with van der Waals surface area (Å²) in [5.74, 6) is 1.57. The fraction of sp³-hybridized carbons (Fsp3) is 0.652. The lowest BCUT2D eigenvalue weighted by Crippen LogP contribution is -2.49. The van der Waals surface area contributed by atoms with Gasteiger partial charge < -0.3 is 15.5 Å². The number of guanidine groups is 1. The first kappa shape index (κ1) is 21.6. The van der Waals surface area contributed by atoms with E-state index < -0.39 is 0 Å². The third-order valence-corrected chi connectivity index (χ3v) is 6.38. The van der Waals surface area contributed by atoms with Crippen molar-refractivity contribution in [3.8, 4) is 0 Å². The van der Waals surface area contributed by atoms with Crippen molar-refractivity contribution in [1.29, 1.82) is 0 Å². The summed E-state index contributed by atoms with van der Waals surface area (Å²) in [7, 11) is 1.76. The van der Waals surface area contributed by atoms with Crippen molar-refractivity contribution in [2.24, 2.45) is 10.9 Å². The monoisotopic (exact) mass is 399 g/mol. The molecule has 0 saturated carbocycles. The second kappa shape index (κ2) is 11.2. The van der Waals surface area contributed by atoms with Crippen molar-refractivity contribution in [3.05, 3.63) is 35.9 Å². The summed E-state index contributed by atoms with van der Waals surface area (Å²) in [6.07, 6.45) is 5.79. The minimum atomic E-state index is 0.169. The molecule has 2 aliphatic heterocycles. The zero-order valence-corrected chi connectivity index (χ0v) is 18.1. The van der Waals surface area contributed by atoms with Crippen LogP contribution in [0.15, 0.2) is 35.3 Å². The van der Waals surface area contributed by atoms with E-state index in [1.54, 1.807) is 7.05 Å². The number of benzene rings is 1. The van der Waals surface area contributed by atoms with E-state index in [-0.39, 0.29) is 5.91 Å². The number of hydrogen-bond acceptors (Lipinski definition) is 3. The van der Waals surface area contributed by atoms with Crippen LogP contribution in [0.1, 0.15) is 38.2 Å². The summed E-state index contributed by atoms with van der Waals surface area (Å²) in [6.45, 7) is 7.41. The molecule has 29 heavy (non-hydrogen) atoms. The fourth-order valence-corrected chi connectivity index (χ4v) is 4.58. The van der Waals surface area contributed by atoms with E-state index >= 15 is 0 Å². The van der Waals surface area contributed by atoms with E-state index in [9.17, 15) is 4.79 Å². The molecule has 0 aliphatic carbocycles. The molecule has 0 aromatic heterocycles. The van der Waals surface area contributed by atoms with Crippen LogP contribution in [0.5, 0.6) is 0 Å². The molecule has 1 aromatic rings. The highest BCUT2D eigenvalue weighted by atomic mass is 16.2. The van der Waals surface area contributed by atoms with Gasteiger partial charge in [-0.1, -0.05) is 37.3 Å². The van der Waals surface area contributed by atoms with Gasteiger partial charge in [-0.05, 0) is 56.7 Å². The number of likely N-dealkylation sites (N-methyl/N-ethyl adjacent to an activating group) is 1. The van der Waals surface area contributed by atoms with Gasteiger partial charge in [-0.2, -0.15) is 0 Å². The molecule has 2 saturated heterocycles. The molecule has 2 fully saturated rings. The maximum Gasteiger partial charge on any atom is 0.241 e. The molecule has 3 rings (SSSR count). The van der Waals surface area contributed by atoms with Gasteiger partial charge in [-0.3, -0.25) is 14.7 Å². The number of rotatable bonds is 7. The normalized spacial score (nSPS) is 21.4. The van der Waals surface area contributed by atoms with Crippen LogP contribution in [0, 0.1) is 5.92 Å². The maximum absolute atomic E-state index is 12.6. The van der Waals surface area contributed by atoms with Gasteiger partial charge >= 0.3 is 0 Å². The zero-order chi connectivity index (χ0) is 20.5. The number of carbonyl (C=O) groups is 1. The van der Waals surface area contributed by atoms with Gasteiger partial charge in [0.15, 0.2) is 5.96 Å². The highest BCUT2D eigenvalue weighted by Crippen LogP contribution is 2.21. The Morgan fingerprint density at radius 1 is 1.10 bits per heavy atom. The fourth-order valence-electron chi connectivity index (χ4n) is 4.58. The van der Waals surface area contributed by atoms with E-state index in [0.29, 0.717) is 18.5 Å². The van der Waals surface area contributed by atoms with E-state index in [1.165, 1.54) is 24.9 Å². The van der Waals surface area contributed by atoms with Crippen LogP contribution in [0.25, 0.3) is 0 Å². The largest absolute Gasteiger partial charge is 0.355 e. The average molecular weight is 400 g/mol. The Hall–Kier alpha value is -2.08. The van der Waals surface area contributed by atoms with Crippen molar-refractivity contribution in [2.45, 2.75) is 45.1 Å². The van der Waals surface area contributed by atoms with Crippen LogP contribution in [0.3, 0.4) is 0 Å². The molecule has 1 unspecified atom stereocenters. The van der Waals surface area contributed by atoms with Gasteiger partial charge in [-0.25, -0.2) is 0 Å². The highest BCUT2D eigenvalue weighted by molar-refractivity contribution is 5.86. The van der Waals surface area contributed by atoms with E-state index in [0.717, 1.165) is 51.4 Å². The summed E-state index contributed by atoms with van der Waals surface area (Å²) in [6, 6.07) is 11.2. The van der Waals surface area contributed by atoms with Gasteiger partial charge in [0.05, 0.1) is 6.54 Å². The third-order valence-electron chi connectivity index (χ3n) is 6.38. The lowest BCUT2D eigenvalue weighted by atomic mass is 9.90. The molecule has 2 aliphatic rings. The summed E-state index contributed by atoms with van der Waals surface area (Å²) in [5.41, 5.74) is 1.40. The minimum Gasteiger partial charge on any atom is -0.355 e. The number of aliphatic imine (C=N–C) groups is 1. The Kier molecular flexibility index (Phi) is 8.35. The van der Waals surface area contributed by atoms with Gasteiger partial charge in [0, 0.05) is 32.7 Å². The Morgan fingerprint density at radius 2 is 1.86 bits per heavy atom. The minimum absolute atomic E-state index is 0.169. The molecular formula is C23H37N5O. The number of amides is 1. The van der Waals surface area contributed by atoms with Crippen LogP contribution in [-0.2, 0) is 11.2 Å². The number of nitrogens with one attached hydrogen (secondary N) is 2. The number of nitrogens with zero attached hydrogens (tertiary/aromatic N) is 3. The highest BCUT2D eigenvalue weighted by Gasteiger charge is 2.24. The van der Waals surface area contributed by atoms with Crippen LogP contribution in [0.4, 0.5) is 0 Å². The van der Waals surface area contributed by atoms with Crippen molar-refractivity contribution >= 4 is 11.9 Å². The van der Waals surface area contributed by atoms with Crippen molar-refractivity contribution in [2.75, 3.05) is 46.3 Å². The standard InChI is InChI=1S/C23H37N5O/c1-3-27-13-7-10-21(27)17-25-23(24-2)26-18-22(29)28-14-11-20(12-15-28)16-19-8-5-4-6-9-19/h4-6,8-9,20-21H,3,7,10-18H2,1-2H3,(H2,24,25,26). The predicted molar refractivity (Wildman–Crippen MR) is 119 cm³/mol. The molecule has 1 aromatic carbocycles. The average Bonchev–Trinajstić information content (AvgIpc) is 3.22. The smallest absolute Gasteiger partial charge is 0.241 e. The Morgan fingerprint density at radius 3 is 2.55 bits per heavy atom. The quantitative estimate of drug-likeness (QED) is 0.545. The lowest BCUT2D eigenvalue weighted by molar-refractivity contribution is -0.131. The Labute approximate surface area is 175 Å². The summed E-state index contributed by atoms with van der Waals surface area (Å²) < 4.78 is 0. The number of piperidine rings is 1. The first-order valence-corrected chi connectivity index (χ1v) is 11.2. The molecule has 160 valence electrons. The van der Waals surface area contributed by atoms with Crippen LogP contribution in [-0.4, -0.2) is 74.0 Å². The van der Waals surface area contributed by atoms with Crippen molar-refractivity contribution in [1.82, 2.24) is 20.4 Å². The first-order valence-electron chi connectivity index (χ1n) is 11.2. The molecule has 6 nitrogen and oxygen atoms in total. The van der Waals surface area contributed by atoms with E-state index in [2.05, 4.69) is 57.8 Å². The molecule has 1 amide bonds. The molecule has 2 heterocycles. The van der Waals surface area contributed by atoms with Gasteiger partial charge in [0.25, 0.3) is 0 Å². The number of likely N-dealkylation sites (tertiary alicyclic amines) is 2. The van der Waals surface area contributed by atoms with E-state index in [1.807, 2.05) is 4.90 Å². The molecule has 1 atom stereocenters. The molecule has 0 spiro atoms. The number of hydrogen-bond donors (Lipinski definition) is 2. The maximum atomic E-state index is 12.6. The van der Waals surface area contributed by atoms with Gasteiger partial charge in [0.2, 0.25) is 5.91 Å². The second-order valence-electron chi connectivity index (χ2n) is 8.25. The van der Waals surface area contributed by atoms with Crippen molar-refractivity contribution < 1.29 is 4.79 Å². The predicted octanol–water partition coefficient (Wildman–Crippen LogP) is 2.12. The lowest BCUT2D eigenvalue weighted by Gasteiger charge is -2.32. The summed E-state index contributed by atoms with van der Waals surface area (Å²) >= 11 is 0. The topological polar surface area (TPSA) is 60.0 Å². The summed E-state index contributed by atoms with van der Waals surface area (Å²) in [4.78, 5) is 21.4. The van der Waals surface area contributed by atoms with E-state index in [4.69, 9.17) is 0 Å². The molecular weight excluding hydrogens is 362 g/mol. The first-order chi connectivity index (χ1) is 14.2. The molecule has 2 N–H and O–H groups in total. The third kappa shape index (κ3) is 6.46. The van der Waals surface area contributed by atoms with Gasteiger partial charge in [-0.15, -0.1) is 0 Å². The molecule has 0 radical (unpaired) electrons. The molecule has 0 bridgehead atoms. The van der Waals surface area contributed by atoms with Crippen LogP contribution in [0.2, 0.25) is 0 Å². The zero-order valence-electron chi connectivity index (χ0n) is 18.1. The Bertz CT molecular complexity index is 654. The van der Waals surface area contributed by atoms with Gasteiger partial charge in [0.1, 0.15) is 0 Å². The molecule has 6 heteroatoms. The Balaban J connectivity index is 1.35. The summed E-state index contributed by atoms with van der Waals surface area (Å²) in [5, 5.41) is 6.60. The SMILES string of the molecule is CCN1CCCC1CNC(=NC)NCC(=O)N1CCC(Cc2ccccc2)CC1. The number of carbonyl (C=O) groups excluding carboxylic acids is 1. The second-order valence-corrected chi connectivity index (χ2v) is 8.25. The van der Waals surface area contributed by atoms with Crippen LogP contribution < -0.4 is 10.6 Å². The van der Waals surface area contributed by atoms with Crippen molar-refractivity contribution in [3.63, 3.8) is 0 Å².